The molecule has 0 aliphatic carbocycles. The maximum Gasteiger partial charge on any atom is 0.0674 e. The van der Waals surface area contributed by atoms with E-state index < -0.39 is 0 Å². The summed E-state index contributed by atoms with van der Waals surface area (Å²) in [7, 11) is 0. The molecule has 0 aromatic heterocycles. The molecule has 2 atom stereocenters. The molecule has 1 aliphatic heterocycles. The molecule has 18 heavy (non-hydrogen) atoms. The van der Waals surface area contributed by atoms with E-state index in [9.17, 15) is 0 Å². The Hall–Kier alpha value is -1.06. The molecular weight excluding hydrogens is 224 g/mol. The van der Waals surface area contributed by atoms with Crippen LogP contribution in [0.3, 0.4) is 0 Å². The molecule has 3 nitrogen and oxygen atoms in total. The summed E-state index contributed by atoms with van der Waals surface area (Å²) < 4.78 is 5.64. The number of hydrogen-bond acceptors (Lipinski definition) is 3. The minimum Gasteiger partial charge on any atom is -0.399 e. The SMILES string of the molecule is CC1CN(CCCc2ccc(N)cc2)C(C)CO1. The number of ether oxygens (including phenoxy) is 1. The highest BCUT2D eigenvalue weighted by Crippen LogP contribution is 2.13. The van der Waals surface area contributed by atoms with Crippen molar-refractivity contribution >= 4 is 5.69 Å². The summed E-state index contributed by atoms with van der Waals surface area (Å²) in [4.78, 5) is 2.53. The summed E-state index contributed by atoms with van der Waals surface area (Å²) in [5, 5.41) is 0. The number of anilines is 1. The van der Waals surface area contributed by atoms with Crippen molar-refractivity contribution in [2.24, 2.45) is 0 Å². The van der Waals surface area contributed by atoms with Crippen molar-refractivity contribution in [3.63, 3.8) is 0 Å². The van der Waals surface area contributed by atoms with Crippen molar-refractivity contribution in [3.05, 3.63) is 29.8 Å². The number of morpholine rings is 1. The van der Waals surface area contributed by atoms with Gasteiger partial charge in [0.1, 0.15) is 0 Å². The third-order valence-electron chi connectivity index (χ3n) is 3.63. The van der Waals surface area contributed by atoms with Crippen molar-refractivity contribution < 1.29 is 4.74 Å². The van der Waals surface area contributed by atoms with Gasteiger partial charge in [0.2, 0.25) is 0 Å². The molecule has 0 amide bonds. The summed E-state index contributed by atoms with van der Waals surface area (Å²) in [5.74, 6) is 0. The van der Waals surface area contributed by atoms with Crippen LogP contribution in [0.25, 0.3) is 0 Å². The van der Waals surface area contributed by atoms with E-state index in [1.807, 2.05) is 12.1 Å². The van der Waals surface area contributed by atoms with Crippen molar-refractivity contribution in [2.45, 2.75) is 38.8 Å². The van der Waals surface area contributed by atoms with Gasteiger partial charge in [0.15, 0.2) is 0 Å². The van der Waals surface area contributed by atoms with Gasteiger partial charge in [0, 0.05) is 18.3 Å². The van der Waals surface area contributed by atoms with E-state index in [2.05, 4.69) is 30.9 Å². The van der Waals surface area contributed by atoms with Gasteiger partial charge in [-0.1, -0.05) is 12.1 Å². The fraction of sp³-hybridized carbons (Fsp3) is 0.600. The Balaban J connectivity index is 1.76. The van der Waals surface area contributed by atoms with Gasteiger partial charge in [-0.05, 0) is 50.9 Å². The van der Waals surface area contributed by atoms with Gasteiger partial charge in [-0.3, -0.25) is 4.90 Å². The number of nitrogens with two attached hydrogens (primary N) is 1. The smallest absolute Gasteiger partial charge is 0.0674 e. The Labute approximate surface area is 110 Å². The standard InChI is InChI=1S/C15H24N2O/c1-12-11-18-13(2)10-17(12)9-3-4-14-5-7-15(16)8-6-14/h5-8,12-13H,3-4,9-11,16H2,1-2H3. The maximum atomic E-state index is 5.68. The average molecular weight is 248 g/mol. The number of hydrogen-bond donors (Lipinski definition) is 1. The molecule has 0 bridgehead atoms. The monoisotopic (exact) mass is 248 g/mol. The van der Waals surface area contributed by atoms with E-state index in [1.54, 1.807) is 0 Å². The minimum atomic E-state index is 0.373. The van der Waals surface area contributed by atoms with E-state index in [4.69, 9.17) is 10.5 Å². The van der Waals surface area contributed by atoms with Gasteiger partial charge in [0.25, 0.3) is 0 Å². The van der Waals surface area contributed by atoms with Crippen LogP contribution in [-0.2, 0) is 11.2 Å². The molecule has 2 rings (SSSR count). The van der Waals surface area contributed by atoms with Gasteiger partial charge in [-0.2, -0.15) is 0 Å². The number of nitrogens with zero attached hydrogens (tertiary/aromatic N) is 1. The fourth-order valence-electron chi connectivity index (χ4n) is 2.45. The van der Waals surface area contributed by atoms with Crippen molar-refractivity contribution in [1.82, 2.24) is 4.90 Å². The molecule has 2 N–H and O–H groups in total. The van der Waals surface area contributed by atoms with E-state index >= 15 is 0 Å². The first kappa shape index (κ1) is 13.4. The van der Waals surface area contributed by atoms with Gasteiger partial charge in [-0.25, -0.2) is 0 Å². The van der Waals surface area contributed by atoms with Crippen LogP contribution >= 0.6 is 0 Å². The zero-order valence-electron chi connectivity index (χ0n) is 11.4. The Morgan fingerprint density at radius 3 is 2.72 bits per heavy atom. The molecule has 1 heterocycles. The first-order chi connectivity index (χ1) is 8.65. The first-order valence-corrected chi connectivity index (χ1v) is 6.85. The zero-order valence-corrected chi connectivity index (χ0v) is 11.4. The van der Waals surface area contributed by atoms with Crippen LogP contribution in [-0.4, -0.2) is 36.7 Å². The Morgan fingerprint density at radius 1 is 1.28 bits per heavy atom. The number of benzene rings is 1. The highest BCUT2D eigenvalue weighted by atomic mass is 16.5. The molecule has 2 unspecified atom stereocenters. The molecule has 0 radical (unpaired) electrons. The van der Waals surface area contributed by atoms with E-state index in [-0.39, 0.29) is 0 Å². The molecule has 1 saturated heterocycles. The molecule has 1 aromatic carbocycles. The highest BCUT2D eigenvalue weighted by Gasteiger charge is 2.22. The van der Waals surface area contributed by atoms with Crippen LogP contribution in [0.4, 0.5) is 5.69 Å². The molecule has 100 valence electrons. The lowest BCUT2D eigenvalue weighted by Crippen LogP contribution is -2.47. The van der Waals surface area contributed by atoms with Crippen LogP contribution in [0.1, 0.15) is 25.8 Å². The summed E-state index contributed by atoms with van der Waals surface area (Å²) in [6, 6.07) is 8.76. The van der Waals surface area contributed by atoms with E-state index in [0.717, 1.165) is 31.8 Å². The predicted molar refractivity (Wildman–Crippen MR) is 75.6 cm³/mol. The third kappa shape index (κ3) is 3.72. The topological polar surface area (TPSA) is 38.5 Å². The molecule has 1 aliphatic rings. The number of rotatable bonds is 4. The maximum absolute atomic E-state index is 5.68. The Kier molecular flexibility index (Phi) is 4.61. The quantitative estimate of drug-likeness (QED) is 0.831. The molecule has 0 spiro atoms. The van der Waals surface area contributed by atoms with E-state index in [1.165, 1.54) is 12.0 Å². The number of nitrogen functional groups attached to an aromatic ring is 1. The molecule has 1 aromatic rings. The molecule has 0 saturated carbocycles. The second-order valence-corrected chi connectivity index (χ2v) is 5.33. The lowest BCUT2D eigenvalue weighted by atomic mass is 10.1. The largest absolute Gasteiger partial charge is 0.399 e. The van der Waals surface area contributed by atoms with Crippen molar-refractivity contribution in [2.75, 3.05) is 25.4 Å². The van der Waals surface area contributed by atoms with E-state index in [0.29, 0.717) is 12.1 Å². The summed E-state index contributed by atoms with van der Waals surface area (Å²) in [6.45, 7) is 7.47. The molecule has 3 heteroatoms. The second kappa shape index (κ2) is 6.21. The van der Waals surface area contributed by atoms with Gasteiger partial charge in [-0.15, -0.1) is 0 Å². The first-order valence-electron chi connectivity index (χ1n) is 6.85. The van der Waals surface area contributed by atoms with Gasteiger partial charge in [0.05, 0.1) is 12.7 Å². The Bertz CT molecular complexity index is 363. The highest BCUT2D eigenvalue weighted by molar-refractivity contribution is 5.39. The van der Waals surface area contributed by atoms with Gasteiger partial charge >= 0.3 is 0 Å². The van der Waals surface area contributed by atoms with Gasteiger partial charge < -0.3 is 10.5 Å². The Morgan fingerprint density at radius 2 is 2.00 bits per heavy atom. The van der Waals surface area contributed by atoms with Crippen molar-refractivity contribution in [3.8, 4) is 0 Å². The zero-order chi connectivity index (χ0) is 13.0. The average Bonchev–Trinajstić information content (AvgIpc) is 2.36. The third-order valence-corrected chi connectivity index (χ3v) is 3.63. The molecule has 1 fully saturated rings. The van der Waals surface area contributed by atoms with Crippen LogP contribution in [0.5, 0.6) is 0 Å². The van der Waals surface area contributed by atoms with Crippen LogP contribution in [0.15, 0.2) is 24.3 Å². The van der Waals surface area contributed by atoms with Crippen LogP contribution < -0.4 is 5.73 Å². The fourth-order valence-corrected chi connectivity index (χ4v) is 2.45. The van der Waals surface area contributed by atoms with Crippen molar-refractivity contribution in [1.29, 1.82) is 0 Å². The molecular formula is C15H24N2O. The predicted octanol–water partition coefficient (Wildman–Crippen LogP) is 2.31. The number of aryl methyl sites for hydroxylation is 1. The minimum absolute atomic E-state index is 0.373. The summed E-state index contributed by atoms with van der Waals surface area (Å²) in [5.41, 5.74) is 7.90. The van der Waals surface area contributed by atoms with Crippen LogP contribution in [0.2, 0.25) is 0 Å². The summed E-state index contributed by atoms with van der Waals surface area (Å²) in [6.07, 6.45) is 2.69. The normalized spacial score (nSPS) is 25.2. The lowest BCUT2D eigenvalue weighted by Gasteiger charge is -2.36. The van der Waals surface area contributed by atoms with Crippen LogP contribution in [0, 0.1) is 0 Å². The second-order valence-electron chi connectivity index (χ2n) is 5.33. The lowest BCUT2D eigenvalue weighted by molar-refractivity contribution is -0.0494. The summed E-state index contributed by atoms with van der Waals surface area (Å²) >= 11 is 0.